The zero-order valence-electron chi connectivity index (χ0n) is 23.3. The Hall–Kier alpha value is -4.57. The van der Waals surface area contributed by atoms with Gasteiger partial charge in [-0.25, -0.2) is 0 Å². The summed E-state index contributed by atoms with van der Waals surface area (Å²) in [6, 6.07) is 19.4. The van der Waals surface area contributed by atoms with Crippen molar-refractivity contribution in [1.29, 1.82) is 0 Å². The lowest BCUT2D eigenvalue weighted by Crippen LogP contribution is -2.29. The van der Waals surface area contributed by atoms with Gasteiger partial charge in [-0.15, -0.1) is 0 Å². The number of thiocarbonyl (C=S) groups is 1. The Balaban J connectivity index is 1.47. The summed E-state index contributed by atoms with van der Waals surface area (Å²) in [7, 11) is 1.59. The number of carbonyl (C=O) groups excluding carboxylic acids is 1. The first-order valence-corrected chi connectivity index (χ1v) is 13.9. The van der Waals surface area contributed by atoms with Crippen molar-refractivity contribution in [2.24, 2.45) is 0 Å². The van der Waals surface area contributed by atoms with Crippen LogP contribution in [-0.4, -0.2) is 34.5 Å². The van der Waals surface area contributed by atoms with Crippen LogP contribution < -0.4 is 29.7 Å². The third kappa shape index (κ3) is 4.74. The van der Waals surface area contributed by atoms with Gasteiger partial charge in [0.25, 0.3) is 0 Å². The van der Waals surface area contributed by atoms with Crippen molar-refractivity contribution in [3.8, 4) is 22.9 Å². The van der Waals surface area contributed by atoms with E-state index in [1.165, 1.54) is 0 Å². The molecule has 0 radical (unpaired) electrons. The van der Waals surface area contributed by atoms with E-state index in [9.17, 15) is 4.79 Å². The highest BCUT2D eigenvalue weighted by Gasteiger charge is 2.42. The number of carbonyl (C=O) groups is 1. The molecule has 2 N–H and O–H groups in total. The molecule has 0 spiro atoms. The molecule has 2 aliphatic rings. The molecule has 1 amide bonds. The first-order valence-electron chi connectivity index (χ1n) is 13.5. The lowest BCUT2D eigenvalue weighted by molar-refractivity contribution is -0.115. The number of amides is 1. The van der Waals surface area contributed by atoms with Crippen LogP contribution in [0.4, 0.5) is 11.4 Å². The molecule has 2 atom stereocenters. The van der Waals surface area contributed by atoms with Crippen molar-refractivity contribution in [2.45, 2.75) is 39.3 Å². The SMILES string of the molecule is CCC(=O)Nc1ccc(N2C(=S)NC(c3ccccn3)C2c2cc(C)n(-c3ccc4c(c3)OCO4)c2C)cc1OC. The number of nitrogens with zero attached hydrogens (tertiary/aromatic N) is 3. The number of methoxy groups -OCH3 is 1. The maximum absolute atomic E-state index is 12.1. The number of ether oxygens (including phenoxy) is 3. The Bertz CT molecular complexity index is 1640. The number of pyridine rings is 1. The van der Waals surface area contributed by atoms with E-state index in [0.717, 1.165) is 45.5 Å². The van der Waals surface area contributed by atoms with Gasteiger partial charge in [0.1, 0.15) is 5.75 Å². The van der Waals surface area contributed by atoms with E-state index in [2.05, 4.69) is 45.0 Å². The molecular weight excluding hydrogens is 538 g/mol. The fourth-order valence-electron chi connectivity index (χ4n) is 5.63. The summed E-state index contributed by atoms with van der Waals surface area (Å²) < 4.78 is 19.1. The first kappa shape index (κ1) is 26.6. The molecule has 6 rings (SSSR count). The van der Waals surface area contributed by atoms with Crippen molar-refractivity contribution in [1.82, 2.24) is 14.9 Å². The summed E-state index contributed by atoms with van der Waals surface area (Å²) in [5.41, 5.74) is 6.57. The fourth-order valence-corrected chi connectivity index (χ4v) is 5.98. The fraction of sp³-hybridized carbons (Fsp3) is 0.258. The maximum Gasteiger partial charge on any atom is 0.231 e. The molecule has 4 aromatic rings. The standard InChI is InChI=1S/C31H31N5O4S/c1-5-28(37)33-23-11-9-21(15-26(23)38-4)36-30(29(34-31(36)41)24-8-6-7-13-32-24)22-14-18(2)35(19(22)3)20-10-12-25-27(16-20)40-17-39-25/h6-16,29-30H,5,17H2,1-4H3,(H,33,37)(H,34,41). The van der Waals surface area contributed by atoms with E-state index >= 15 is 0 Å². The van der Waals surface area contributed by atoms with Gasteiger partial charge in [0.2, 0.25) is 12.7 Å². The van der Waals surface area contributed by atoms with Gasteiger partial charge in [0.15, 0.2) is 16.6 Å². The van der Waals surface area contributed by atoms with Crippen LogP contribution in [0.2, 0.25) is 0 Å². The van der Waals surface area contributed by atoms with Crippen LogP contribution in [0.25, 0.3) is 5.69 Å². The zero-order chi connectivity index (χ0) is 28.7. The van der Waals surface area contributed by atoms with E-state index in [-0.39, 0.29) is 24.8 Å². The second kappa shape index (κ2) is 10.8. The quantitative estimate of drug-likeness (QED) is 0.272. The van der Waals surface area contributed by atoms with Gasteiger partial charge in [0.05, 0.1) is 30.6 Å². The zero-order valence-corrected chi connectivity index (χ0v) is 24.1. The Kier molecular flexibility index (Phi) is 7.00. The number of nitrogens with one attached hydrogen (secondary N) is 2. The molecule has 210 valence electrons. The minimum absolute atomic E-state index is 0.0848. The number of hydrogen-bond donors (Lipinski definition) is 2. The van der Waals surface area contributed by atoms with Crippen molar-refractivity contribution in [3.63, 3.8) is 0 Å². The summed E-state index contributed by atoms with van der Waals surface area (Å²) in [5.74, 6) is 1.95. The van der Waals surface area contributed by atoms with Gasteiger partial charge in [-0.1, -0.05) is 13.0 Å². The van der Waals surface area contributed by atoms with Gasteiger partial charge in [-0.05, 0) is 74.1 Å². The van der Waals surface area contributed by atoms with Gasteiger partial charge in [-0.3, -0.25) is 9.78 Å². The van der Waals surface area contributed by atoms with E-state index in [4.69, 9.17) is 26.4 Å². The predicted molar refractivity (Wildman–Crippen MR) is 161 cm³/mol. The van der Waals surface area contributed by atoms with Crippen LogP contribution in [0.15, 0.2) is 66.9 Å². The molecule has 4 heterocycles. The van der Waals surface area contributed by atoms with Gasteiger partial charge in [-0.2, -0.15) is 0 Å². The first-order chi connectivity index (χ1) is 19.9. The average molecular weight is 570 g/mol. The Morgan fingerprint density at radius 2 is 1.90 bits per heavy atom. The third-order valence-corrected chi connectivity index (χ3v) is 7.87. The van der Waals surface area contributed by atoms with Crippen LogP contribution in [0.5, 0.6) is 17.2 Å². The maximum atomic E-state index is 12.1. The molecule has 2 aromatic heterocycles. The number of hydrogen-bond acceptors (Lipinski definition) is 6. The molecule has 10 heteroatoms. The number of aromatic nitrogens is 2. The van der Waals surface area contributed by atoms with Crippen LogP contribution in [0.3, 0.4) is 0 Å². The second-order valence-corrected chi connectivity index (χ2v) is 10.4. The van der Waals surface area contributed by atoms with Gasteiger partial charge < -0.3 is 34.3 Å². The van der Waals surface area contributed by atoms with Crippen LogP contribution in [0, 0.1) is 13.8 Å². The molecule has 1 saturated heterocycles. The summed E-state index contributed by atoms with van der Waals surface area (Å²) in [6.07, 6.45) is 2.17. The third-order valence-electron chi connectivity index (χ3n) is 7.56. The van der Waals surface area contributed by atoms with E-state index in [1.807, 2.05) is 61.5 Å². The van der Waals surface area contributed by atoms with E-state index in [1.54, 1.807) is 13.3 Å². The molecule has 2 aliphatic heterocycles. The summed E-state index contributed by atoms with van der Waals surface area (Å²) in [4.78, 5) is 18.9. The lowest BCUT2D eigenvalue weighted by atomic mass is 9.96. The topological polar surface area (TPSA) is 89.9 Å². The van der Waals surface area contributed by atoms with Crippen molar-refractivity contribution in [2.75, 3.05) is 24.1 Å². The average Bonchev–Trinajstić information content (AvgIpc) is 3.68. The van der Waals surface area contributed by atoms with Crippen molar-refractivity contribution < 1.29 is 19.0 Å². The molecule has 1 fully saturated rings. The molecule has 2 aromatic carbocycles. The van der Waals surface area contributed by atoms with Crippen molar-refractivity contribution >= 4 is 34.6 Å². The normalized spacial score (nSPS) is 17.5. The van der Waals surface area contributed by atoms with E-state index in [0.29, 0.717) is 23.0 Å². The van der Waals surface area contributed by atoms with E-state index < -0.39 is 0 Å². The Morgan fingerprint density at radius 1 is 1.10 bits per heavy atom. The largest absolute Gasteiger partial charge is 0.494 e. The number of benzene rings is 2. The smallest absolute Gasteiger partial charge is 0.231 e. The molecule has 0 saturated carbocycles. The number of rotatable bonds is 7. The van der Waals surface area contributed by atoms with Crippen LogP contribution >= 0.6 is 12.2 Å². The number of fused-ring (bicyclic) bond motifs is 1. The molecule has 0 bridgehead atoms. The minimum Gasteiger partial charge on any atom is -0.494 e. The molecule has 2 unspecified atom stereocenters. The molecular formula is C31H31N5O4S. The van der Waals surface area contributed by atoms with Gasteiger partial charge >= 0.3 is 0 Å². The Morgan fingerprint density at radius 3 is 2.66 bits per heavy atom. The highest BCUT2D eigenvalue weighted by Crippen LogP contribution is 2.45. The Labute approximate surface area is 244 Å². The highest BCUT2D eigenvalue weighted by molar-refractivity contribution is 7.80. The summed E-state index contributed by atoms with van der Waals surface area (Å²) >= 11 is 5.95. The molecule has 9 nitrogen and oxygen atoms in total. The second-order valence-electron chi connectivity index (χ2n) is 9.98. The predicted octanol–water partition coefficient (Wildman–Crippen LogP) is 5.75. The van der Waals surface area contributed by atoms with Crippen LogP contribution in [-0.2, 0) is 4.79 Å². The highest BCUT2D eigenvalue weighted by atomic mass is 32.1. The summed E-state index contributed by atoms with van der Waals surface area (Å²) in [5, 5.41) is 7.01. The van der Waals surface area contributed by atoms with Crippen molar-refractivity contribution in [3.05, 3.63) is 89.5 Å². The lowest BCUT2D eigenvalue weighted by Gasteiger charge is -2.29. The molecule has 0 aliphatic carbocycles. The minimum atomic E-state index is -0.216. The van der Waals surface area contributed by atoms with Crippen LogP contribution in [0.1, 0.15) is 48.1 Å². The monoisotopic (exact) mass is 569 g/mol. The summed E-state index contributed by atoms with van der Waals surface area (Å²) in [6.45, 7) is 6.25. The molecule has 41 heavy (non-hydrogen) atoms. The number of aryl methyl sites for hydroxylation is 1. The van der Waals surface area contributed by atoms with Gasteiger partial charge in [0, 0.05) is 47.5 Å². The number of anilines is 2.